The van der Waals surface area contributed by atoms with Gasteiger partial charge in [-0.05, 0) is 5.56 Å². The lowest BCUT2D eigenvalue weighted by Crippen LogP contribution is -1.85. The molecule has 1 aromatic carbocycles. The van der Waals surface area contributed by atoms with Crippen LogP contribution in [0.5, 0.6) is 0 Å². The summed E-state index contributed by atoms with van der Waals surface area (Å²) in [5.74, 6) is 0.981. The number of nitrogens with one attached hydrogen (secondary N) is 1. The van der Waals surface area contributed by atoms with Gasteiger partial charge in [0.15, 0.2) is 0 Å². The van der Waals surface area contributed by atoms with Crippen molar-refractivity contribution in [3.05, 3.63) is 35.4 Å². The van der Waals surface area contributed by atoms with Gasteiger partial charge in [0.1, 0.15) is 0 Å². The highest BCUT2D eigenvalue weighted by Crippen LogP contribution is 2.28. The molecule has 2 rings (SSSR count). The van der Waals surface area contributed by atoms with Crippen molar-refractivity contribution in [2.45, 2.75) is 5.75 Å². The van der Waals surface area contributed by atoms with E-state index >= 15 is 0 Å². The highest BCUT2D eigenvalue weighted by atomic mass is 35.5. The number of halogens is 1. The van der Waals surface area contributed by atoms with Gasteiger partial charge in [0.2, 0.25) is 0 Å². The zero-order chi connectivity index (χ0) is 6.97. The van der Waals surface area contributed by atoms with E-state index in [1.807, 2.05) is 18.2 Å². The second kappa shape index (κ2) is 3.28. The molecule has 58 valence electrons. The maximum atomic E-state index is 7.49. The van der Waals surface area contributed by atoms with Gasteiger partial charge in [0.25, 0.3) is 0 Å². The first kappa shape index (κ1) is 8.62. The van der Waals surface area contributed by atoms with Gasteiger partial charge in [-0.2, -0.15) is 0 Å². The first-order chi connectivity index (χ1) is 4.88. The minimum Gasteiger partial charge on any atom is -0.293 e. The Morgan fingerprint density at radius 3 is 2.73 bits per heavy atom. The van der Waals surface area contributed by atoms with Crippen LogP contribution in [-0.4, -0.2) is 5.04 Å². The first-order valence-electron chi connectivity index (χ1n) is 3.17. The SMILES string of the molecule is Cl.N=C1SCc2ccccc21. The van der Waals surface area contributed by atoms with Gasteiger partial charge in [-0.1, -0.05) is 24.3 Å². The van der Waals surface area contributed by atoms with Crippen LogP contribution in [0.4, 0.5) is 0 Å². The molecule has 0 radical (unpaired) electrons. The largest absolute Gasteiger partial charge is 0.293 e. The standard InChI is InChI=1S/C8H7NS.ClH/c9-8-7-4-2-1-3-6(7)5-10-8;/h1-4,9H,5H2;1H. The molecule has 0 aromatic heterocycles. The molecule has 0 spiro atoms. The normalized spacial score (nSPS) is 14.0. The number of rotatable bonds is 0. The Labute approximate surface area is 76.1 Å². The van der Waals surface area contributed by atoms with E-state index in [4.69, 9.17) is 5.41 Å². The molecule has 1 aliphatic rings. The Kier molecular flexibility index (Phi) is 2.58. The van der Waals surface area contributed by atoms with E-state index in [2.05, 4.69) is 6.07 Å². The quantitative estimate of drug-likeness (QED) is 0.660. The first-order valence-corrected chi connectivity index (χ1v) is 4.16. The zero-order valence-electron chi connectivity index (χ0n) is 5.83. The molecule has 0 aliphatic carbocycles. The van der Waals surface area contributed by atoms with E-state index < -0.39 is 0 Å². The number of benzene rings is 1. The summed E-state index contributed by atoms with van der Waals surface area (Å²) in [5, 5.41) is 8.21. The minimum absolute atomic E-state index is 0. The van der Waals surface area contributed by atoms with Crippen LogP contribution in [0.1, 0.15) is 11.1 Å². The van der Waals surface area contributed by atoms with Crippen LogP contribution >= 0.6 is 24.2 Å². The summed E-state index contributed by atoms with van der Waals surface area (Å²) < 4.78 is 0. The van der Waals surface area contributed by atoms with Gasteiger partial charge in [-0.25, -0.2) is 0 Å². The van der Waals surface area contributed by atoms with Crippen molar-refractivity contribution in [1.82, 2.24) is 0 Å². The molecule has 11 heavy (non-hydrogen) atoms. The molecular weight excluding hydrogens is 178 g/mol. The van der Waals surface area contributed by atoms with E-state index in [1.54, 1.807) is 11.8 Å². The fourth-order valence-corrected chi connectivity index (χ4v) is 2.00. The third-order valence-electron chi connectivity index (χ3n) is 1.63. The predicted molar refractivity (Wildman–Crippen MR) is 51.8 cm³/mol. The van der Waals surface area contributed by atoms with Crippen molar-refractivity contribution in [2.24, 2.45) is 0 Å². The zero-order valence-corrected chi connectivity index (χ0v) is 7.47. The van der Waals surface area contributed by atoms with Gasteiger partial charge in [-0.3, -0.25) is 5.41 Å². The van der Waals surface area contributed by atoms with Crippen LogP contribution in [0.2, 0.25) is 0 Å². The summed E-state index contributed by atoms with van der Waals surface area (Å²) >= 11 is 1.61. The number of thioether (sulfide) groups is 1. The maximum absolute atomic E-state index is 7.49. The highest BCUT2D eigenvalue weighted by molar-refractivity contribution is 8.14. The highest BCUT2D eigenvalue weighted by Gasteiger charge is 2.14. The third kappa shape index (κ3) is 1.42. The summed E-state index contributed by atoms with van der Waals surface area (Å²) in [6.45, 7) is 0. The van der Waals surface area contributed by atoms with E-state index in [0.717, 1.165) is 16.4 Å². The average Bonchev–Trinajstić information content (AvgIpc) is 2.34. The van der Waals surface area contributed by atoms with E-state index in [1.165, 1.54) is 5.56 Å². The number of hydrogen-bond donors (Lipinski definition) is 1. The maximum Gasteiger partial charge on any atom is 0.0948 e. The molecule has 0 amide bonds. The lowest BCUT2D eigenvalue weighted by atomic mass is 10.1. The molecule has 1 N–H and O–H groups in total. The van der Waals surface area contributed by atoms with Crippen molar-refractivity contribution in [2.75, 3.05) is 0 Å². The van der Waals surface area contributed by atoms with E-state index in [9.17, 15) is 0 Å². The molecule has 1 heterocycles. The summed E-state index contributed by atoms with van der Waals surface area (Å²) in [4.78, 5) is 0. The Bertz CT molecular complexity index is 285. The molecule has 1 nitrogen and oxygen atoms in total. The second-order valence-electron chi connectivity index (χ2n) is 2.27. The summed E-state index contributed by atoms with van der Waals surface area (Å²) in [7, 11) is 0. The van der Waals surface area contributed by atoms with Crippen molar-refractivity contribution in [3.63, 3.8) is 0 Å². The van der Waals surface area contributed by atoms with E-state index in [-0.39, 0.29) is 12.4 Å². The van der Waals surface area contributed by atoms with Gasteiger partial charge in [0, 0.05) is 11.3 Å². The predicted octanol–water partition coefficient (Wildman–Crippen LogP) is 2.68. The van der Waals surface area contributed by atoms with Gasteiger partial charge < -0.3 is 0 Å². The fraction of sp³-hybridized carbons (Fsp3) is 0.125. The number of fused-ring (bicyclic) bond motifs is 1. The summed E-state index contributed by atoms with van der Waals surface area (Å²) in [5.41, 5.74) is 2.42. The van der Waals surface area contributed by atoms with Crippen LogP contribution in [-0.2, 0) is 5.75 Å². The van der Waals surface area contributed by atoms with Crippen LogP contribution in [0.15, 0.2) is 24.3 Å². The molecule has 1 aliphatic heterocycles. The van der Waals surface area contributed by atoms with Crippen molar-refractivity contribution in [1.29, 1.82) is 5.41 Å². The Morgan fingerprint density at radius 2 is 2.00 bits per heavy atom. The molecule has 0 saturated heterocycles. The van der Waals surface area contributed by atoms with Crippen molar-refractivity contribution < 1.29 is 0 Å². The second-order valence-corrected chi connectivity index (χ2v) is 3.26. The smallest absolute Gasteiger partial charge is 0.0948 e. The molecule has 0 fully saturated rings. The Morgan fingerprint density at radius 1 is 1.27 bits per heavy atom. The topological polar surface area (TPSA) is 23.9 Å². The minimum atomic E-state index is 0. The van der Waals surface area contributed by atoms with Crippen LogP contribution < -0.4 is 0 Å². The molecular formula is C8H8ClNS. The lowest BCUT2D eigenvalue weighted by molar-refractivity contribution is 1.42. The number of hydrogen-bond acceptors (Lipinski definition) is 2. The van der Waals surface area contributed by atoms with Crippen LogP contribution in [0.25, 0.3) is 0 Å². The Balaban J connectivity index is 0.000000605. The lowest BCUT2D eigenvalue weighted by Gasteiger charge is -1.92. The average molecular weight is 186 g/mol. The molecule has 0 atom stereocenters. The van der Waals surface area contributed by atoms with Crippen molar-refractivity contribution in [3.8, 4) is 0 Å². The molecule has 1 aromatic rings. The molecule has 3 heteroatoms. The summed E-state index contributed by atoms with van der Waals surface area (Å²) in [6, 6.07) is 8.11. The molecule has 0 bridgehead atoms. The third-order valence-corrected chi connectivity index (χ3v) is 2.60. The van der Waals surface area contributed by atoms with Crippen LogP contribution in [0.3, 0.4) is 0 Å². The fourth-order valence-electron chi connectivity index (χ4n) is 1.10. The molecule has 0 saturated carbocycles. The van der Waals surface area contributed by atoms with Gasteiger partial charge >= 0.3 is 0 Å². The van der Waals surface area contributed by atoms with E-state index in [0.29, 0.717) is 0 Å². The molecule has 0 unspecified atom stereocenters. The monoisotopic (exact) mass is 185 g/mol. The van der Waals surface area contributed by atoms with Crippen molar-refractivity contribution >= 4 is 29.2 Å². The van der Waals surface area contributed by atoms with Crippen LogP contribution in [0, 0.1) is 5.41 Å². The Hall–Kier alpha value is -0.470. The summed E-state index contributed by atoms with van der Waals surface area (Å²) in [6.07, 6.45) is 0. The van der Waals surface area contributed by atoms with Gasteiger partial charge in [-0.15, -0.1) is 24.2 Å². The van der Waals surface area contributed by atoms with Gasteiger partial charge in [0.05, 0.1) is 5.04 Å².